The van der Waals surface area contributed by atoms with Gasteiger partial charge in [-0.3, -0.25) is 14.5 Å². The van der Waals surface area contributed by atoms with E-state index in [4.69, 9.17) is 13.9 Å². The van der Waals surface area contributed by atoms with E-state index in [2.05, 4.69) is 15.1 Å². The smallest absolute Gasteiger partial charge is 0.422 e. The molecule has 0 bridgehead atoms. The molecule has 1 N–H and O–H groups in total. The number of fused-ring (bicyclic) bond motifs is 1. The normalized spacial score (nSPS) is 14.1. The minimum Gasteiger partial charge on any atom is -0.495 e. The minimum absolute atomic E-state index is 0.133. The van der Waals surface area contributed by atoms with Crippen molar-refractivity contribution in [1.29, 1.82) is 0 Å². The summed E-state index contributed by atoms with van der Waals surface area (Å²) in [4.78, 5) is 30.6. The Morgan fingerprint density at radius 1 is 1.00 bits per heavy atom. The second kappa shape index (κ2) is 13.4. The van der Waals surface area contributed by atoms with E-state index in [1.165, 1.54) is 13.2 Å². The Bertz CT molecular complexity index is 1670. The number of hydrogen-bond donors (Lipinski definition) is 1. The van der Waals surface area contributed by atoms with Crippen molar-refractivity contribution >= 4 is 22.6 Å². The third kappa shape index (κ3) is 7.16. The summed E-state index contributed by atoms with van der Waals surface area (Å²) < 4.78 is 54.3. The standard InChI is InChI=1S/C33H34F3N3O5/c1-22-29(40)25-10-6-11-26(31(25)44-30(22)23-8-4-3-5-9-23)32(41)37-14-7-15-38-16-18-39(19-17-38)27-20-24(12-13-28(27)42-2)43-21-33(34,35)36/h3-6,8-13,20H,7,14-19,21H2,1-2H3,(H,37,41). The van der Waals surface area contributed by atoms with Crippen LogP contribution < -0.4 is 25.1 Å². The number of hydrogen-bond acceptors (Lipinski definition) is 7. The summed E-state index contributed by atoms with van der Waals surface area (Å²) in [7, 11) is 1.52. The maximum absolute atomic E-state index is 13.2. The number of alkyl halides is 3. The van der Waals surface area contributed by atoms with Crippen LogP contribution in [0.1, 0.15) is 22.3 Å². The van der Waals surface area contributed by atoms with Gasteiger partial charge in [0, 0.05) is 49.9 Å². The van der Waals surface area contributed by atoms with Crippen molar-refractivity contribution in [3.05, 3.63) is 88.1 Å². The molecule has 0 spiro atoms. The molecular formula is C33H34F3N3O5. The van der Waals surface area contributed by atoms with Crippen LogP contribution in [0.15, 0.2) is 75.9 Å². The predicted octanol–water partition coefficient (Wildman–Crippen LogP) is 5.66. The van der Waals surface area contributed by atoms with E-state index in [1.54, 1.807) is 37.3 Å². The van der Waals surface area contributed by atoms with Gasteiger partial charge >= 0.3 is 6.18 Å². The highest BCUT2D eigenvalue weighted by atomic mass is 19.4. The third-order valence-electron chi connectivity index (χ3n) is 7.63. The molecule has 1 amide bonds. The number of carbonyl (C=O) groups is 1. The summed E-state index contributed by atoms with van der Waals surface area (Å²) in [5.74, 6) is 0.829. The number of anilines is 1. The number of nitrogens with zero attached hydrogens (tertiary/aromatic N) is 2. The number of halogens is 3. The largest absolute Gasteiger partial charge is 0.495 e. The molecule has 1 aliphatic rings. The van der Waals surface area contributed by atoms with Crippen molar-refractivity contribution in [1.82, 2.24) is 10.2 Å². The molecule has 3 aromatic carbocycles. The van der Waals surface area contributed by atoms with Crippen molar-refractivity contribution < 1.29 is 31.9 Å². The molecule has 1 aromatic heterocycles. The van der Waals surface area contributed by atoms with Gasteiger partial charge in [0.25, 0.3) is 5.91 Å². The van der Waals surface area contributed by atoms with Gasteiger partial charge in [0.15, 0.2) is 17.6 Å². The van der Waals surface area contributed by atoms with Crippen molar-refractivity contribution in [2.75, 3.05) is 57.9 Å². The minimum atomic E-state index is -4.42. The first-order chi connectivity index (χ1) is 21.1. The summed E-state index contributed by atoms with van der Waals surface area (Å²) in [6.45, 7) is 4.34. The highest BCUT2D eigenvalue weighted by molar-refractivity contribution is 6.05. The van der Waals surface area contributed by atoms with E-state index in [9.17, 15) is 22.8 Å². The molecule has 0 unspecified atom stereocenters. The molecule has 8 nitrogen and oxygen atoms in total. The van der Waals surface area contributed by atoms with Crippen molar-refractivity contribution in [3.63, 3.8) is 0 Å². The zero-order chi connectivity index (χ0) is 31.3. The fourth-order valence-corrected chi connectivity index (χ4v) is 5.34. The van der Waals surface area contributed by atoms with E-state index in [0.29, 0.717) is 59.8 Å². The molecule has 1 aliphatic heterocycles. The molecule has 5 rings (SSSR count). The molecule has 1 fully saturated rings. The number of benzene rings is 3. The van der Waals surface area contributed by atoms with Gasteiger partial charge in [0.05, 0.1) is 23.7 Å². The van der Waals surface area contributed by atoms with E-state index in [-0.39, 0.29) is 22.7 Å². The van der Waals surface area contributed by atoms with Gasteiger partial charge in [-0.25, -0.2) is 0 Å². The highest BCUT2D eigenvalue weighted by Crippen LogP contribution is 2.34. The zero-order valence-electron chi connectivity index (χ0n) is 24.6. The van der Waals surface area contributed by atoms with E-state index < -0.39 is 12.8 Å². The molecule has 232 valence electrons. The lowest BCUT2D eigenvalue weighted by Crippen LogP contribution is -2.47. The van der Waals surface area contributed by atoms with Gasteiger partial charge in [-0.05, 0) is 44.2 Å². The lowest BCUT2D eigenvalue weighted by molar-refractivity contribution is -0.153. The second-order valence-electron chi connectivity index (χ2n) is 10.6. The molecule has 4 aromatic rings. The van der Waals surface area contributed by atoms with Crippen LogP contribution in [0.3, 0.4) is 0 Å². The fourth-order valence-electron chi connectivity index (χ4n) is 5.34. The van der Waals surface area contributed by atoms with Crippen molar-refractivity contribution in [2.24, 2.45) is 0 Å². The average Bonchev–Trinajstić information content (AvgIpc) is 3.03. The van der Waals surface area contributed by atoms with Crippen molar-refractivity contribution in [3.8, 4) is 22.8 Å². The molecule has 0 saturated carbocycles. The van der Waals surface area contributed by atoms with Crippen LogP contribution in [-0.4, -0.2) is 70.0 Å². The van der Waals surface area contributed by atoms with Crippen LogP contribution in [0, 0.1) is 6.92 Å². The van der Waals surface area contributed by atoms with Crippen LogP contribution in [0.4, 0.5) is 18.9 Å². The number of ether oxygens (including phenoxy) is 2. The number of amides is 1. The number of carbonyl (C=O) groups excluding carboxylic acids is 1. The number of rotatable bonds is 10. The lowest BCUT2D eigenvalue weighted by atomic mass is 10.0. The topological polar surface area (TPSA) is 84.3 Å². The van der Waals surface area contributed by atoms with Gasteiger partial charge in [-0.15, -0.1) is 0 Å². The molecule has 0 aliphatic carbocycles. The molecule has 0 radical (unpaired) electrons. The Morgan fingerprint density at radius 2 is 1.75 bits per heavy atom. The monoisotopic (exact) mass is 609 g/mol. The van der Waals surface area contributed by atoms with Crippen molar-refractivity contribution in [2.45, 2.75) is 19.5 Å². The Hall–Kier alpha value is -4.51. The quantitative estimate of drug-likeness (QED) is 0.232. The lowest BCUT2D eigenvalue weighted by Gasteiger charge is -2.36. The summed E-state index contributed by atoms with van der Waals surface area (Å²) in [6, 6.07) is 19.0. The van der Waals surface area contributed by atoms with Gasteiger partial charge < -0.3 is 24.1 Å². The van der Waals surface area contributed by atoms with E-state index in [0.717, 1.165) is 25.2 Å². The van der Waals surface area contributed by atoms with E-state index >= 15 is 0 Å². The Morgan fingerprint density at radius 3 is 2.45 bits per heavy atom. The fraction of sp³-hybridized carbons (Fsp3) is 0.333. The van der Waals surface area contributed by atoms with Gasteiger partial charge in [0.1, 0.15) is 17.3 Å². The maximum atomic E-state index is 13.2. The van der Waals surface area contributed by atoms with Gasteiger partial charge in [-0.1, -0.05) is 36.4 Å². The molecule has 1 saturated heterocycles. The summed E-state index contributed by atoms with van der Waals surface area (Å²) in [6.07, 6.45) is -3.71. The average molecular weight is 610 g/mol. The molecule has 2 heterocycles. The first-order valence-corrected chi connectivity index (χ1v) is 14.4. The van der Waals surface area contributed by atoms with Crippen LogP contribution in [0.5, 0.6) is 11.5 Å². The first kappa shape index (κ1) is 30.9. The maximum Gasteiger partial charge on any atom is 0.422 e. The first-order valence-electron chi connectivity index (χ1n) is 14.4. The van der Waals surface area contributed by atoms with Crippen LogP contribution in [0.25, 0.3) is 22.3 Å². The zero-order valence-corrected chi connectivity index (χ0v) is 24.6. The van der Waals surface area contributed by atoms with Crippen LogP contribution in [-0.2, 0) is 0 Å². The SMILES string of the molecule is COc1ccc(OCC(F)(F)F)cc1N1CCN(CCCNC(=O)c2cccc3c(=O)c(C)c(-c4ccccc4)oc23)CC1. The number of piperazine rings is 1. The molecule has 44 heavy (non-hydrogen) atoms. The number of para-hydroxylation sites is 1. The van der Waals surface area contributed by atoms with Gasteiger partial charge in [-0.2, -0.15) is 13.2 Å². The molecule has 0 atom stereocenters. The van der Waals surface area contributed by atoms with Gasteiger partial charge in [0.2, 0.25) is 0 Å². The second-order valence-corrected chi connectivity index (χ2v) is 10.6. The molecule has 11 heteroatoms. The van der Waals surface area contributed by atoms with E-state index in [1.807, 2.05) is 30.3 Å². The number of methoxy groups -OCH3 is 1. The Balaban J connectivity index is 1.16. The molecular weight excluding hydrogens is 575 g/mol. The summed E-state index contributed by atoms with van der Waals surface area (Å²) in [5, 5.41) is 3.32. The number of nitrogens with one attached hydrogen (secondary N) is 1. The van der Waals surface area contributed by atoms with Crippen LogP contribution >= 0.6 is 0 Å². The summed E-state index contributed by atoms with van der Waals surface area (Å²) in [5.41, 5.74) is 2.34. The predicted molar refractivity (Wildman–Crippen MR) is 163 cm³/mol. The Kier molecular flexibility index (Phi) is 9.43. The van der Waals surface area contributed by atoms with Crippen LogP contribution in [0.2, 0.25) is 0 Å². The summed E-state index contributed by atoms with van der Waals surface area (Å²) >= 11 is 0. The highest BCUT2D eigenvalue weighted by Gasteiger charge is 2.29. The third-order valence-corrected chi connectivity index (χ3v) is 7.63. The Labute approximate surface area is 253 Å².